The molecule has 0 amide bonds. The topological polar surface area (TPSA) is 20.2 Å². The molecule has 0 saturated carbocycles. The van der Waals surface area contributed by atoms with Crippen LogP contribution in [-0.4, -0.2) is 23.3 Å². The molecule has 5 heteroatoms. The Balaban J connectivity index is 0. The molecule has 0 aromatic carbocycles. The summed E-state index contributed by atoms with van der Waals surface area (Å²) >= 11 is 0. The van der Waals surface area contributed by atoms with Crippen LogP contribution in [0.3, 0.4) is 0 Å². The molecule has 0 aliphatic carbocycles. The Morgan fingerprint density at radius 1 is 1.20 bits per heavy atom. The van der Waals surface area contributed by atoms with Crippen LogP contribution >= 0.6 is 0 Å². The Morgan fingerprint density at radius 2 is 1.50 bits per heavy atom. The van der Waals surface area contributed by atoms with Gasteiger partial charge in [-0.25, -0.2) is 13.2 Å². The Morgan fingerprint density at radius 3 is 1.50 bits per heavy atom. The maximum atomic E-state index is 12.3. The molecule has 0 radical (unpaired) electrons. The van der Waals surface area contributed by atoms with Gasteiger partial charge < -0.3 is 5.11 Å². The molecule has 1 atom stereocenters. The Bertz CT molecular complexity index is 99.6. The summed E-state index contributed by atoms with van der Waals surface area (Å²) in [4.78, 5) is 0. The molecule has 0 saturated heterocycles. The molecule has 0 spiro atoms. The van der Waals surface area contributed by atoms with Crippen molar-refractivity contribution in [3.8, 4) is 0 Å². The van der Waals surface area contributed by atoms with Gasteiger partial charge in [0.2, 0.25) is 0 Å². The van der Waals surface area contributed by atoms with Gasteiger partial charge in [-0.2, -0.15) is 0 Å². The minimum absolute atomic E-state index is 0. The molecule has 0 aromatic heterocycles. The molecular weight excluding hydrogens is 400 g/mol. The minimum atomic E-state index is -3.47. The van der Waals surface area contributed by atoms with E-state index in [4.69, 9.17) is 5.11 Å². The van der Waals surface area contributed by atoms with Crippen molar-refractivity contribution in [2.75, 3.05) is 6.61 Å². The van der Waals surface area contributed by atoms with Crippen molar-refractivity contribution in [3.63, 3.8) is 0 Å². The molecule has 1 nitrogen and oxygen atoms in total. The second-order valence-electron chi connectivity index (χ2n) is 2.24. The third kappa shape index (κ3) is 1.93. The number of aliphatic hydroxyl groups is 1. The second kappa shape index (κ2) is 2.56. The van der Waals surface area contributed by atoms with Gasteiger partial charge in [0.25, 0.3) is 5.92 Å². The predicted octanol–water partition coefficient (Wildman–Crippen LogP) is 1.36. The number of rotatable bonds is 2. The van der Waals surface area contributed by atoms with Gasteiger partial charge in [0.15, 0.2) is 5.67 Å². The van der Waals surface area contributed by atoms with Gasteiger partial charge in [-0.05, 0) is 6.92 Å². The first-order valence-corrected chi connectivity index (χ1v) is 2.49. The van der Waals surface area contributed by atoms with Gasteiger partial charge in [0.05, 0.1) is 6.61 Å². The van der Waals surface area contributed by atoms with Crippen molar-refractivity contribution < 1.29 is 18.3 Å². The van der Waals surface area contributed by atoms with Crippen molar-refractivity contribution in [1.29, 1.82) is 0 Å². The van der Waals surface area contributed by atoms with Gasteiger partial charge in [0.1, 0.15) is 0 Å². The minimum Gasteiger partial charge on any atom is -0.393 e. The Kier molecular flexibility index (Phi) is 2.95. The van der Waals surface area contributed by atoms with Crippen molar-refractivity contribution in [3.05, 3.63) is 0 Å². The third-order valence-corrected chi connectivity index (χ3v) is 1.21. The van der Waals surface area contributed by atoms with E-state index in [1.54, 1.807) is 0 Å². The zero-order valence-corrected chi connectivity index (χ0v) is 12.4. The van der Waals surface area contributed by atoms with Crippen LogP contribution in [0.15, 0.2) is 0 Å². The SMILES string of the molecule is CC(F)(F)C(C)(F)CO.[Rf]. The van der Waals surface area contributed by atoms with Crippen LogP contribution in [-0.2, 0) is 0 Å². The molecule has 0 bridgehead atoms. The molecule has 0 fully saturated rings. The predicted molar refractivity (Wildman–Crippen MR) is 27.2 cm³/mol. The Labute approximate surface area is 51.5 Å². The molecular formula is C5H9F3ORf. The molecule has 58 valence electrons. The van der Waals surface area contributed by atoms with E-state index in [-0.39, 0.29) is 0 Å². The maximum absolute atomic E-state index is 12.3. The van der Waals surface area contributed by atoms with E-state index in [9.17, 15) is 13.2 Å². The van der Waals surface area contributed by atoms with E-state index < -0.39 is 18.2 Å². The number of halogens is 3. The number of aliphatic hydroxyl groups excluding tert-OH is 1. The first-order chi connectivity index (χ1) is 3.81. The summed E-state index contributed by atoms with van der Waals surface area (Å²) in [6.07, 6.45) is 0. The van der Waals surface area contributed by atoms with Crippen LogP contribution in [0.25, 0.3) is 0 Å². The first-order valence-electron chi connectivity index (χ1n) is 2.49. The molecule has 0 aliphatic rings. The fourth-order valence-electron chi connectivity index (χ4n) is 0.139. The standard InChI is InChI=1S/C5H9F3O.Rf/c1-4(6,3-9)5(2,7)8;/h9H,3H2,1-2H3;. The summed E-state index contributed by atoms with van der Waals surface area (Å²) in [5, 5.41) is 8.07. The van der Waals surface area contributed by atoms with Gasteiger partial charge in [-0.1, -0.05) is 0 Å². The number of hydrogen-bond acceptors (Lipinski definition) is 1. The van der Waals surface area contributed by atoms with Gasteiger partial charge in [-0.3, -0.25) is 0 Å². The van der Waals surface area contributed by atoms with E-state index >= 15 is 0 Å². The van der Waals surface area contributed by atoms with Crippen molar-refractivity contribution >= 4 is 0 Å². The molecule has 0 aromatic rings. The summed E-state index contributed by atoms with van der Waals surface area (Å²) in [5.74, 6) is -3.47. The van der Waals surface area contributed by atoms with Gasteiger partial charge in [0, 0.05) is 6.92 Å². The molecule has 10 heavy (non-hydrogen) atoms. The van der Waals surface area contributed by atoms with Crippen molar-refractivity contribution in [2.45, 2.75) is 25.4 Å². The normalized spacial score (nSPS) is 17.4. The summed E-state index contributed by atoms with van der Waals surface area (Å²) in [6.45, 7) is -0.0628. The van der Waals surface area contributed by atoms with Crippen LogP contribution in [0.5, 0.6) is 0 Å². The van der Waals surface area contributed by atoms with E-state index in [1.165, 1.54) is 0 Å². The Hall–Kier alpha value is -1.25. The second-order valence-corrected chi connectivity index (χ2v) is 2.24. The summed E-state index contributed by atoms with van der Waals surface area (Å²) in [5.41, 5.74) is -2.80. The van der Waals surface area contributed by atoms with Crippen molar-refractivity contribution in [2.24, 2.45) is 0 Å². The van der Waals surface area contributed by atoms with E-state index in [2.05, 4.69) is 0 Å². The first kappa shape index (κ1) is 11.5. The molecule has 1 unspecified atom stereocenters. The van der Waals surface area contributed by atoms with E-state index in [1.807, 2.05) is 0 Å². The smallest absolute Gasteiger partial charge is 0.280 e. The van der Waals surface area contributed by atoms with Gasteiger partial charge >= 0.3 is 0 Å². The number of alkyl halides is 3. The fraction of sp³-hybridized carbons (Fsp3) is 1.00. The quantitative estimate of drug-likeness (QED) is 0.731. The van der Waals surface area contributed by atoms with Crippen LogP contribution < -0.4 is 0 Å². The zero-order chi connectivity index (χ0) is 7.71. The van der Waals surface area contributed by atoms with Crippen LogP contribution in [0.1, 0.15) is 13.8 Å². The van der Waals surface area contributed by atoms with Crippen LogP contribution in [0, 0.1) is 0 Å². The summed E-state index contributed by atoms with van der Waals surface area (Å²) in [7, 11) is 0. The fourth-order valence-corrected chi connectivity index (χ4v) is 0.139. The van der Waals surface area contributed by atoms with Crippen LogP contribution in [0.2, 0.25) is 0 Å². The average Bonchev–Trinajstić information content (AvgIpc) is 1.64. The zero-order valence-electron chi connectivity index (χ0n) is 6.00. The number of hydrogen-bond donors (Lipinski definition) is 1. The maximum Gasteiger partial charge on any atom is 0.280 e. The van der Waals surface area contributed by atoms with Crippen molar-refractivity contribution in [1.82, 2.24) is 0 Å². The molecule has 0 heterocycles. The third-order valence-electron chi connectivity index (χ3n) is 1.21. The summed E-state index contributed by atoms with van der Waals surface area (Å²) < 4.78 is 36.3. The monoisotopic (exact) mass is 409 g/mol. The average molecular weight is 409 g/mol. The van der Waals surface area contributed by atoms with E-state index in [0.717, 1.165) is 0 Å². The molecule has 0 rings (SSSR count). The van der Waals surface area contributed by atoms with Crippen LogP contribution in [0.4, 0.5) is 13.2 Å². The molecule has 1 N–H and O–H groups in total. The van der Waals surface area contributed by atoms with E-state index in [0.29, 0.717) is 13.8 Å². The van der Waals surface area contributed by atoms with Gasteiger partial charge in [-0.15, -0.1) is 0 Å². The largest absolute Gasteiger partial charge is 0.393 e. The summed E-state index contributed by atoms with van der Waals surface area (Å²) in [6, 6.07) is 0. The molecule has 0 aliphatic heterocycles.